The Hall–Kier alpha value is -2.71. The van der Waals surface area contributed by atoms with Crippen LogP contribution in [0.4, 0.5) is 11.5 Å². The molecule has 0 radical (unpaired) electrons. The summed E-state index contributed by atoms with van der Waals surface area (Å²) in [7, 11) is 0. The van der Waals surface area contributed by atoms with Crippen molar-refractivity contribution in [3.05, 3.63) is 54.0 Å². The second-order valence-electron chi connectivity index (χ2n) is 5.48. The Kier molecular flexibility index (Phi) is 3.32. The first kappa shape index (κ1) is 14.6. The van der Waals surface area contributed by atoms with E-state index in [0.29, 0.717) is 17.2 Å². The van der Waals surface area contributed by atoms with Gasteiger partial charge in [0.1, 0.15) is 16.9 Å². The van der Waals surface area contributed by atoms with Gasteiger partial charge in [-0.1, -0.05) is 29.4 Å². The molecule has 122 valence electrons. The average Bonchev–Trinajstić information content (AvgIpc) is 3.04. The summed E-state index contributed by atoms with van der Waals surface area (Å²) < 4.78 is 1.95. The normalized spacial score (nSPS) is 12.5. The number of nitrogens with one attached hydrogen (secondary N) is 1. The van der Waals surface area contributed by atoms with Gasteiger partial charge in [-0.2, -0.15) is 0 Å². The van der Waals surface area contributed by atoms with Crippen molar-refractivity contribution < 1.29 is 0 Å². The van der Waals surface area contributed by atoms with E-state index < -0.39 is 0 Å². The molecular formula is C16H10ClN7S. The number of anilines is 2. The Bertz CT molecular complexity index is 1110. The number of rotatable bonds is 2. The molecule has 0 atom stereocenters. The minimum atomic E-state index is 0.363. The van der Waals surface area contributed by atoms with Crippen molar-refractivity contribution in [1.29, 1.82) is 0 Å². The highest BCUT2D eigenvalue weighted by molar-refractivity contribution is 7.99. The topological polar surface area (TPSA) is 81.4 Å². The summed E-state index contributed by atoms with van der Waals surface area (Å²) >= 11 is 7.67. The fourth-order valence-electron chi connectivity index (χ4n) is 2.74. The van der Waals surface area contributed by atoms with Crippen LogP contribution >= 0.6 is 23.4 Å². The number of halogens is 1. The van der Waals surface area contributed by atoms with Crippen molar-refractivity contribution >= 4 is 46.0 Å². The van der Waals surface area contributed by atoms with Gasteiger partial charge in [-0.25, -0.2) is 24.9 Å². The summed E-state index contributed by atoms with van der Waals surface area (Å²) in [6.07, 6.45) is 6.56. The van der Waals surface area contributed by atoms with E-state index in [-0.39, 0.29) is 0 Å². The molecule has 5 rings (SSSR count). The van der Waals surface area contributed by atoms with E-state index in [9.17, 15) is 0 Å². The molecular weight excluding hydrogens is 358 g/mol. The minimum absolute atomic E-state index is 0.363. The second kappa shape index (κ2) is 5.68. The van der Waals surface area contributed by atoms with Crippen LogP contribution in [0.15, 0.2) is 53.2 Å². The number of hydrogen-bond donors (Lipinski definition) is 1. The number of aromatic nitrogens is 6. The lowest BCUT2D eigenvalue weighted by molar-refractivity contribution is 0.812. The van der Waals surface area contributed by atoms with Crippen LogP contribution in [-0.4, -0.2) is 29.5 Å². The first-order valence-electron chi connectivity index (χ1n) is 7.48. The van der Waals surface area contributed by atoms with Gasteiger partial charge in [-0.3, -0.25) is 0 Å². The van der Waals surface area contributed by atoms with Gasteiger partial charge in [0.05, 0.1) is 18.6 Å². The highest BCUT2D eigenvalue weighted by Crippen LogP contribution is 2.42. The highest BCUT2D eigenvalue weighted by atomic mass is 35.5. The molecule has 0 saturated heterocycles. The van der Waals surface area contributed by atoms with Crippen LogP contribution in [0.25, 0.3) is 11.2 Å². The van der Waals surface area contributed by atoms with E-state index in [1.165, 1.54) is 6.33 Å². The van der Waals surface area contributed by atoms with Crippen LogP contribution in [0.5, 0.6) is 0 Å². The van der Waals surface area contributed by atoms with Crippen molar-refractivity contribution in [1.82, 2.24) is 29.5 Å². The smallest absolute Gasteiger partial charge is 0.165 e. The van der Waals surface area contributed by atoms with Gasteiger partial charge in [0.15, 0.2) is 16.6 Å². The number of imidazole rings is 1. The van der Waals surface area contributed by atoms with Gasteiger partial charge in [0, 0.05) is 17.3 Å². The molecule has 0 fully saturated rings. The van der Waals surface area contributed by atoms with E-state index >= 15 is 0 Å². The highest BCUT2D eigenvalue weighted by Gasteiger charge is 2.18. The molecule has 1 aliphatic rings. The van der Waals surface area contributed by atoms with Crippen LogP contribution in [0, 0.1) is 0 Å². The van der Waals surface area contributed by atoms with Gasteiger partial charge in [0.2, 0.25) is 0 Å². The third-order valence-corrected chi connectivity index (χ3v) is 5.22. The van der Waals surface area contributed by atoms with E-state index in [0.717, 1.165) is 32.6 Å². The molecule has 0 aliphatic carbocycles. The monoisotopic (exact) mass is 367 g/mol. The van der Waals surface area contributed by atoms with Crippen molar-refractivity contribution in [2.24, 2.45) is 0 Å². The molecule has 1 aliphatic heterocycles. The van der Waals surface area contributed by atoms with E-state index in [1.807, 2.05) is 4.57 Å². The molecule has 0 spiro atoms. The maximum absolute atomic E-state index is 6.06. The lowest BCUT2D eigenvalue weighted by atomic mass is 10.2. The summed E-state index contributed by atoms with van der Waals surface area (Å²) in [5.41, 5.74) is 3.47. The molecule has 0 unspecified atom stereocenters. The van der Waals surface area contributed by atoms with Gasteiger partial charge < -0.3 is 9.88 Å². The number of fused-ring (bicyclic) bond motifs is 3. The molecule has 3 aromatic heterocycles. The fourth-order valence-corrected chi connectivity index (χ4v) is 3.80. The maximum Gasteiger partial charge on any atom is 0.165 e. The largest absolute Gasteiger partial charge is 0.337 e. The Labute approximate surface area is 151 Å². The molecule has 1 aromatic carbocycles. The van der Waals surface area contributed by atoms with Gasteiger partial charge in [-0.05, 0) is 17.7 Å². The van der Waals surface area contributed by atoms with Crippen molar-refractivity contribution in [3.8, 4) is 0 Å². The van der Waals surface area contributed by atoms with Crippen LogP contribution in [0.2, 0.25) is 5.15 Å². The van der Waals surface area contributed by atoms with Crippen LogP contribution in [-0.2, 0) is 6.54 Å². The Morgan fingerprint density at radius 2 is 2.00 bits per heavy atom. The average molecular weight is 368 g/mol. The molecule has 0 amide bonds. The summed E-state index contributed by atoms with van der Waals surface area (Å²) in [5.74, 6) is 0.782. The SMILES string of the molecule is Clc1ncnc2c1ncn2Cc1ccc2c(c1)Nc1nccnc1S2. The minimum Gasteiger partial charge on any atom is -0.337 e. The standard InChI is InChI=1S/C16H10ClN7S/c17-13-12-15(21-7-20-13)24(8-22-12)6-9-1-2-11-10(5-9)23-14-16(25-11)19-4-3-18-14/h1-5,7-8H,6H2,(H,18,23). The zero-order chi connectivity index (χ0) is 16.8. The van der Waals surface area contributed by atoms with Crippen LogP contribution in [0.3, 0.4) is 0 Å². The van der Waals surface area contributed by atoms with Crippen LogP contribution in [0.1, 0.15) is 5.56 Å². The predicted octanol–water partition coefficient (Wildman–Crippen LogP) is 3.53. The van der Waals surface area contributed by atoms with Gasteiger partial charge in [-0.15, -0.1) is 0 Å². The lowest BCUT2D eigenvalue weighted by Gasteiger charge is -2.19. The lowest BCUT2D eigenvalue weighted by Crippen LogP contribution is -2.05. The summed E-state index contributed by atoms with van der Waals surface area (Å²) in [5, 5.41) is 4.59. The first-order valence-corrected chi connectivity index (χ1v) is 8.67. The molecule has 0 saturated carbocycles. The number of nitrogens with zero attached hydrogens (tertiary/aromatic N) is 6. The quantitative estimate of drug-likeness (QED) is 0.478. The maximum atomic E-state index is 6.06. The van der Waals surface area contributed by atoms with E-state index in [2.05, 4.69) is 48.4 Å². The van der Waals surface area contributed by atoms with Gasteiger partial charge in [0.25, 0.3) is 0 Å². The molecule has 1 N–H and O–H groups in total. The fraction of sp³-hybridized carbons (Fsp3) is 0.0625. The second-order valence-corrected chi connectivity index (χ2v) is 6.87. The number of hydrogen-bond acceptors (Lipinski definition) is 7. The molecule has 4 aromatic rings. The Morgan fingerprint density at radius 3 is 2.96 bits per heavy atom. The Morgan fingerprint density at radius 1 is 1.08 bits per heavy atom. The molecule has 9 heteroatoms. The zero-order valence-corrected chi connectivity index (χ0v) is 14.3. The van der Waals surface area contributed by atoms with E-state index in [1.54, 1.807) is 30.5 Å². The van der Waals surface area contributed by atoms with Gasteiger partial charge >= 0.3 is 0 Å². The molecule has 4 heterocycles. The number of benzene rings is 1. The van der Waals surface area contributed by atoms with Crippen molar-refractivity contribution in [3.63, 3.8) is 0 Å². The third-order valence-electron chi connectivity index (χ3n) is 3.88. The zero-order valence-electron chi connectivity index (χ0n) is 12.7. The summed E-state index contributed by atoms with van der Waals surface area (Å²) in [6, 6.07) is 6.28. The summed E-state index contributed by atoms with van der Waals surface area (Å²) in [6.45, 7) is 0.636. The third kappa shape index (κ3) is 2.50. The summed E-state index contributed by atoms with van der Waals surface area (Å²) in [4.78, 5) is 22.3. The van der Waals surface area contributed by atoms with Crippen molar-refractivity contribution in [2.75, 3.05) is 5.32 Å². The predicted molar refractivity (Wildman–Crippen MR) is 95.3 cm³/mol. The Balaban J connectivity index is 1.49. The van der Waals surface area contributed by atoms with E-state index in [4.69, 9.17) is 11.6 Å². The molecule has 0 bridgehead atoms. The van der Waals surface area contributed by atoms with Crippen LogP contribution < -0.4 is 5.32 Å². The van der Waals surface area contributed by atoms with Crippen molar-refractivity contribution in [2.45, 2.75) is 16.5 Å². The first-order chi connectivity index (χ1) is 12.3. The molecule has 7 nitrogen and oxygen atoms in total. The molecule has 25 heavy (non-hydrogen) atoms.